The van der Waals surface area contributed by atoms with Crippen molar-refractivity contribution in [3.05, 3.63) is 95.1 Å². The third-order valence-corrected chi connectivity index (χ3v) is 5.49. The second-order valence-corrected chi connectivity index (χ2v) is 7.55. The van der Waals surface area contributed by atoms with Crippen molar-refractivity contribution in [2.45, 2.75) is 25.3 Å². The summed E-state index contributed by atoms with van der Waals surface area (Å²) in [5.41, 5.74) is 6.44. The first-order valence-corrected chi connectivity index (χ1v) is 9.93. The summed E-state index contributed by atoms with van der Waals surface area (Å²) in [5, 5.41) is 12.0. The largest absolute Gasteiger partial charge is 0.480 e. The van der Waals surface area contributed by atoms with Gasteiger partial charge in [-0.2, -0.15) is 0 Å². The number of carboxylic acids is 1. The topological polar surface area (TPSA) is 75.6 Å². The molecule has 0 radical (unpaired) electrons. The first-order valence-electron chi connectivity index (χ1n) is 9.93. The van der Waals surface area contributed by atoms with Gasteiger partial charge in [-0.15, -0.1) is 0 Å². The summed E-state index contributed by atoms with van der Waals surface area (Å²) < 4.78 is 5.46. The number of nitrogens with one attached hydrogen (secondary N) is 1. The molecule has 1 aliphatic carbocycles. The summed E-state index contributed by atoms with van der Waals surface area (Å²) in [4.78, 5) is 24.0. The SMILES string of the molecule is Cc1ccc(C[C@@H](NC(=O)OCC2c3ccccc3-c3ccccc32)C(=O)O)cc1. The van der Waals surface area contributed by atoms with Gasteiger partial charge in [-0.3, -0.25) is 0 Å². The highest BCUT2D eigenvalue weighted by Gasteiger charge is 2.29. The fraction of sp³-hybridized carbons (Fsp3) is 0.200. The van der Waals surface area contributed by atoms with Crippen LogP contribution in [-0.2, 0) is 16.0 Å². The van der Waals surface area contributed by atoms with E-state index in [0.717, 1.165) is 33.4 Å². The summed E-state index contributed by atoms with van der Waals surface area (Å²) in [6, 6.07) is 22.7. The molecule has 0 unspecified atom stereocenters. The molecule has 0 aromatic heterocycles. The molecular weight excluding hydrogens is 378 g/mol. The number of aryl methyl sites for hydroxylation is 1. The number of hydrogen-bond acceptors (Lipinski definition) is 3. The first-order chi connectivity index (χ1) is 14.5. The number of fused-ring (bicyclic) bond motifs is 3. The van der Waals surface area contributed by atoms with E-state index in [0.29, 0.717) is 0 Å². The fourth-order valence-corrected chi connectivity index (χ4v) is 3.94. The normalized spacial score (nSPS) is 13.2. The van der Waals surface area contributed by atoms with Crippen molar-refractivity contribution in [2.75, 3.05) is 6.61 Å². The lowest BCUT2D eigenvalue weighted by molar-refractivity contribution is -0.139. The predicted molar refractivity (Wildman–Crippen MR) is 115 cm³/mol. The Morgan fingerprint density at radius 1 is 0.933 bits per heavy atom. The molecule has 0 fully saturated rings. The maximum Gasteiger partial charge on any atom is 0.407 e. The zero-order chi connectivity index (χ0) is 21.1. The van der Waals surface area contributed by atoms with Crippen molar-refractivity contribution in [3.8, 4) is 11.1 Å². The minimum Gasteiger partial charge on any atom is -0.480 e. The van der Waals surface area contributed by atoms with Crippen molar-refractivity contribution >= 4 is 12.1 Å². The number of benzene rings is 3. The van der Waals surface area contributed by atoms with Gasteiger partial charge in [-0.05, 0) is 34.7 Å². The molecule has 3 aromatic carbocycles. The summed E-state index contributed by atoms with van der Waals surface area (Å²) in [6.07, 6.45) is -0.531. The molecular formula is C25H23NO4. The number of aliphatic carboxylic acids is 1. The number of ether oxygens (including phenoxy) is 1. The number of amides is 1. The minimum absolute atomic E-state index is 0.0662. The Bertz CT molecular complexity index is 1030. The van der Waals surface area contributed by atoms with E-state index in [1.165, 1.54) is 0 Å². The second-order valence-electron chi connectivity index (χ2n) is 7.55. The van der Waals surface area contributed by atoms with Gasteiger partial charge in [0, 0.05) is 12.3 Å². The van der Waals surface area contributed by atoms with Gasteiger partial charge in [0.25, 0.3) is 0 Å². The van der Waals surface area contributed by atoms with Gasteiger partial charge in [0.05, 0.1) is 0 Å². The van der Waals surface area contributed by atoms with E-state index in [-0.39, 0.29) is 18.9 Å². The third kappa shape index (κ3) is 4.06. The van der Waals surface area contributed by atoms with E-state index in [9.17, 15) is 14.7 Å². The maximum atomic E-state index is 12.4. The van der Waals surface area contributed by atoms with Crippen LogP contribution in [0.3, 0.4) is 0 Å². The summed E-state index contributed by atoms with van der Waals surface area (Å²) in [5.74, 6) is -1.16. The number of carbonyl (C=O) groups is 2. The van der Waals surface area contributed by atoms with Crippen LogP contribution in [0.25, 0.3) is 11.1 Å². The molecule has 1 amide bonds. The lowest BCUT2D eigenvalue weighted by atomic mass is 9.98. The molecule has 0 saturated heterocycles. The van der Waals surface area contributed by atoms with Gasteiger partial charge >= 0.3 is 12.1 Å². The Labute approximate surface area is 175 Å². The Morgan fingerprint density at radius 2 is 1.50 bits per heavy atom. The smallest absolute Gasteiger partial charge is 0.407 e. The van der Waals surface area contributed by atoms with Gasteiger partial charge in [0.15, 0.2) is 0 Å². The highest BCUT2D eigenvalue weighted by molar-refractivity contribution is 5.81. The highest BCUT2D eigenvalue weighted by atomic mass is 16.5. The number of carboxylic acid groups (broad SMARTS) is 1. The van der Waals surface area contributed by atoms with Gasteiger partial charge < -0.3 is 15.2 Å². The van der Waals surface area contributed by atoms with E-state index < -0.39 is 18.1 Å². The number of carbonyl (C=O) groups excluding carboxylic acids is 1. The Kier molecular flexibility index (Phi) is 5.53. The average molecular weight is 401 g/mol. The molecule has 30 heavy (non-hydrogen) atoms. The molecule has 5 heteroatoms. The lowest BCUT2D eigenvalue weighted by Gasteiger charge is -2.17. The molecule has 5 nitrogen and oxygen atoms in total. The fourth-order valence-electron chi connectivity index (χ4n) is 3.94. The molecule has 1 atom stereocenters. The van der Waals surface area contributed by atoms with Crippen LogP contribution in [-0.4, -0.2) is 29.8 Å². The molecule has 152 valence electrons. The van der Waals surface area contributed by atoms with Crippen LogP contribution < -0.4 is 5.32 Å². The van der Waals surface area contributed by atoms with E-state index in [1.807, 2.05) is 67.6 Å². The van der Waals surface area contributed by atoms with E-state index in [4.69, 9.17) is 4.74 Å². The van der Waals surface area contributed by atoms with E-state index in [1.54, 1.807) is 0 Å². The van der Waals surface area contributed by atoms with Gasteiger partial charge in [0.2, 0.25) is 0 Å². The molecule has 0 aliphatic heterocycles. The number of alkyl carbamates (subject to hydrolysis) is 1. The van der Waals surface area contributed by atoms with Crippen molar-refractivity contribution in [1.82, 2.24) is 5.32 Å². The summed E-state index contributed by atoms with van der Waals surface area (Å²) in [6.45, 7) is 2.12. The molecule has 1 aliphatic rings. The van der Waals surface area contributed by atoms with Crippen LogP contribution in [0.4, 0.5) is 4.79 Å². The maximum absolute atomic E-state index is 12.4. The van der Waals surface area contributed by atoms with Crippen LogP contribution in [0.15, 0.2) is 72.8 Å². The van der Waals surface area contributed by atoms with Crippen LogP contribution in [0, 0.1) is 6.92 Å². The van der Waals surface area contributed by atoms with E-state index >= 15 is 0 Å². The molecule has 3 aromatic rings. The van der Waals surface area contributed by atoms with Crippen LogP contribution in [0.5, 0.6) is 0 Å². The first kappa shape index (κ1) is 19.7. The summed E-state index contributed by atoms with van der Waals surface area (Å²) in [7, 11) is 0. The molecule has 2 N–H and O–H groups in total. The molecule has 0 bridgehead atoms. The van der Waals surface area contributed by atoms with Crippen molar-refractivity contribution in [3.63, 3.8) is 0 Å². The third-order valence-electron chi connectivity index (χ3n) is 5.49. The highest BCUT2D eigenvalue weighted by Crippen LogP contribution is 2.44. The van der Waals surface area contributed by atoms with Gasteiger partial charge in [0.1, 0.15) is 12.6 Å². The van der Waals surface area contributed by atoms with Crippen molar-refractivity contribution < 1.29 is 19.4 Å². The average Bonchev–Trinajstić information content (AvgIpc) is 3.07. The quantitative estimate of drug-likeness (QED) is 0.636. The van der Waals surface area contributed by atoms with Crippen LogP contribution in [0.1, 0.15) is 28.2 Å². The minimum atomic E-state index is -1.09. The van der Waals surface area contributed by atoms with E-state index in [2.05, 4.69) is 17.4 Å². The monoisotopic (exact) mass is 401 g/mol. The number of rotatable bonds is 6. The van der Waals surface area contributed by atoms with Crippen molar-refractivity contribution in [1.29, 1.82) is 0 Å². The molecule has 4 rings (SSSR count). The zero-order valence-corrected chi connectivity index (χ0v) is 16.7. The Morgan fingerprint density at radius 3 is 2.07 bits per heavy atom. The lowest BCUT2D eigenvalue weighted by Crippen LogP contribution is -2.42. The second kappa shape index (κ2) is 8.41. The molecule has 0 spiro atoms. The standard InChI is InChI=1S/C25H23NO4/c1-16-10-12-17(13-11-16)14-23(24(27)28)26-25(29)30-15-22-20-8-4-2-6-18(20)19-7-3-5-9-21(19)22/h2-13,22-23H,14-15H2,1H3,(H,26,29)(H,27,28)/t23-/m1/s1. The summed E-state index contributed by atoms with van der Waals surface area (Å²) >= 11 is 0. The Balaban J connectivity index is 1.43. The predicted octanol–water partition coefficient (Wildman–Crippen LogP) is 4.53. The zero-order valence-electron chi connectivity index (χ0n) is 16.7. The van der Waals surface area contributed by atoms with Gasteiger partial charge in [-0.1, -0.05) is 78.4 Å². The van der Waals surface area contributed by atoms with Crippen LogP contribution in [0.2, 0.25) is 0 Å². The van der Waals surface area contributed by atoms with Crippen molar-refractivity contribution in [2.24, 2.45) is 0 Å². The van der Waals surface area contributed by atoms with Gasteiger partial charge in [-0.25, -0.2) is 9.59 Å². The molecule has 0 saturated carbocycles. The Hall–Kier alpha value is -3.60. The number of hydrogen-bond donors (Lipinski definition) is 2. The molecule has 0 heterocycles. The van der Waals surface area contributed by atoms with Crippen LogP contribution >= 0.6 is 0 Å².